The van der Waals surface area contributed by atoms with Crippen LogP contribution in [0.4, 0.5) is 12.9 Å². The summed E-state index contributed by atoms with van der Waals surface area (Å²) in [5.74, 6) is 1.12. The molecule has 1 aromatic rings. The van der Waals surface area contributed by atoms with Crippen LogP contribution in [0.25, 0.3) is 0 Å². The third-order valence-corrected chi connectivity index (χ3v) is 2.45. The van der Waals surface area contributed by atoms with Crippen LogP contribution < -0.4 is 10.2 Å². The number of rotatable bonds is 6. The van der Waals surface area contributed by atoms with E-state index in [0.29, 0.717) is 18.3 Å². The molecule has 0 aliphatic carbocycles. The smallest absolute Gasteiger partial charge is 0.494 e. The Morgan fingerprint density at radius 3 is 2.18 bits per heavy atom. The van der Waals surface area contributed by atoms with Crippen molar-refractivity contribution in [1.82, 2.24) is 0 Å². The van der Waals surface area contributed by atoms with Gasteiger partial charge in [-0.25, -0.2) is 0 Å². The van der Waals surface area contributed by atoms with Crippen molar-refractivity contribution in [2.75, 3.05) is 6.61 Å². The van der Waals surface area contributed by atoms with Gasteiger partial charge >= 0.3 is 6.98 Å². The van der Waals surface area contributed by atoms with Gasteiger partial charge in [-0.2, -0.15) is 0 Å². The van der Waals surface area contributed by atoms with Crippen molar-refractivity contribution in [1.29, 1.82) is 0 Å². The summed E-state index contributed by atoms with van der Waals surface area (Å²) >= 11 is 0. The molecule has 5 heteroatoms. The van der Waals surface area contributed by atoms with Crippen molar-refractivity contribution in [2.45, 2.75) is 26.7 Å². The first kappa shape index (κ1) is 13.9. The molecule has 0 saturated carbocycles. The fourth-order valence-electron chi connectivity index (χ4n) is 1.46. The predicted octanol–water partition coefficient (Wildman–Crippen LogP) is 3.56. The zero-order valence-electron chi connectivity index (χ0n) is 10.1. The van der Waals surface area contributed by atoms with Crippen molar-refractivity contribution < 1.29 is 17.7 Å². The molecule has 0 radical (unpaired) electrons. The maximum Gasteiger partial charge on any atom is 0.509 e. The Morgan fingerprint density at radius 2 is 1.71 bits per heavy atom. The molecule has 17 heavy (non-hydrogen) atoms. The minimum atomic E-state index is -4.90. The lowest BCUT2D eigenvalue weighted by Crippen LogP contribution is -2.33. The minimum Gasteiger partial charge on any atom is -0.494 e. The molecule has 1 nitrogen and oxygen atoms in total. The summed E-state index contributed by atoms with van der Waals surface area (Å²) in [7, 11) is 0. The van der Waals surface area contributed by atoms with E-state index in [4.69, 9.17) is 4.74 Å². The molecule has 0 heterocycles. The molecule has 0 aromatic heterocycles. The van der Waals surface area contributed by atoms with E-state index in [0.717, 1.165) is 25.0 Å². The first-order valence-electron chi connectivity index (χ1n) is 5.82. The molecule has 0 spiro atoms. The topological polar surface area (TPSA) is 9.23 Å². The minimum absolute atomic E-state index is 0.498. The summed E-state index contributed by atoms with van der Waals surface area (Å²) in [6.45, 7) is -0.103. The van der Waals surface area contributed by atoms with E-state index in [1.807, 2.05) is 0 Å². The molecule has 0 aliphatic heterocycles. The van der Waals surface area contributed by atoms with Crippen molar-refractivity contribution in [2.24, 2.45) is 5.92 Å². The van der Waals surface area contributed by atoms with E-state index >= 15 is 0 Å². The normalized spacial score (nSPS) is 11.9. The van der Waals surface area contributed by atoms with Gasteiger partial charge in [-0.05, 0) is 30.9 Å². The first-order valence-corrected chi connectivity index (χ1v) is 5.82. The highest BCUT2D eigenvalue weighted by atomic mass is 19.4. The molecule has 0 unspecified atom stereocenters. The highest BCUT2D eigenvalue weighted by molar-refractivity contribution is 6.73. The highest BCUT2D eigenvalue weighted by Crippen LogP contribution is 2.14. The van der Waals surface area contributed by atoms with Crippen LogP contribution in [0, 0.1) is 5.92 Å². The lowest BCUT2D eigenvalue weighted by molar-refractivity contribution is 0.298. The van der Waals surface area contributed by atoms with Gasteiger partial charge < -0.3 is 17.7 Å². The van der Waals surface area contributed by atoms with Gasteiger partial charge in [0.1, 0.15) is 5.75 Å². The number of benzene rings is 1. The Bertz CT molecular complexity index is 333. The third-order valence-electron chi connectivity index (χ3n) is 2.45. The summed E-state index contributed by atoms with van der Waals surface area (Å²) in [6, 6.07) is 4.88. The van der Waals surface area contributed by atoms with E-state index in [-0.39, 0.29) is 0 Å². The Kier molecular flexibility index (Phi) is 4.91. The molecule has 96 valence electrons. The van der Waals surface area contributed by atoms with Gasteiger partial charge in [0.15, 0.2) is 0 Å². The molecule has 0 N–H and O–H groups in total. The van der Waals surface area contributed by atoms with Gasteiger partial charge in [0.25, 0.3) is 0 Å². The molecular formula is C12H17BF3O-. The fourth-order valence-corrected chi connectivity index (χ4v) is 1.46. The molecule has 0 saturated heterocycles. The Hall–Kier alpha value is -1.13. The number of ether oxygens (including phenoxy) is 1. The van der Waals surface area contributed by atoms with E-state index in [1.165, 1.54) is 12.1 Å². The van der Waals surface area contributed by atoms with Gasteiger partial charge in [-0.3, -0.25) is 0 Å². The quantitative estimate of drug-likeness (QED) is 0.550. The second-order valence-corrected chi connectivity index (χ2v) is 4.53. The molecule has 1 rings (SSSR count). The van der Waals surface area contributed by atoms with Crippen LogP contribution in [0.2, 0.25) is 0 Å². The van der Waals surface area contributed by atoms with E-state index < -0.39 is 12.4 Å². The van der Waals surface area contributed by atoms with E-state index in [1.54, 1.807) is 0 Å². The van der Waals surface area contributed by atoms with Crippen molar-refractivity contribution in [3.8, 4) is 5.75 Å². The Labute approximate surface area is 100 Å². The van der Waals surface area contributed by atoms with E-state index in [2.05, 4.69) is 13.8 Å². The average Bonchev–Trinajstić information content (AvgIpc) is 2.23. The van der Waals surface area contributed by atoms with Crippen LogP contribution in [0.3, 0.4) is 0 Å². The second kappa shape index (κ2) is 5.98. The van der Waals surface area contributed by atoms with Crippen molar-refractivity contribution in [3.05, 3.63) is 24.3 Å². The van der Waals surface area contributed by atoms with Gasteiger partial charge in [0, 0.05) is 0 Å². The van der Waals surface area contributed by atoms with Crippen LogP contribution in [0.1, 0.15) is 26.7 Å². The lowest BCUT2D eigenvalue weighted by atomic mass is 9.80. The first-order chi connectivity index (χ1) is 7.89. The maximum atomic E-state index is 12.3. The average molecular weight is 245 g/mol. The highest BCUT2D eigenvalue weighted by Gasteiger charge is 2.24. The van der Waals surface area contributed by atoms with Crippen LogP contribution in [0.15, 0.2) is 24.3 Å². The second-order valence-electron chi connectivity index (χ2n) is 4.53. The van der Waals surface area contributed by atoms with Gasteiger partial charge in [0.2, 0.25) is 0 Å². The van der Waals surface area contributed by atoms with Crippen molar-refractivity contribution in [3.63, 3.8) is 0 Å². The SMILES string of the molecule is CC(C)CCCOc1ccc([B-](F)(F)F)cc1. The van der Waals surface area contributed by atoms with Crippen LogP contribution in [-0.2, 0) is 0 Å². The van der Waals surface area contributed by atoms with Crippen molar-refractivity contribution >= 4 is 12.4 Å². The standard InChI is InChI=1S/C12H17BF3O/c1-10(2)4-3-9-17-12-7-5-11(6-8-12)13(14,15)16/h5-8,10H,3-4,9H2,1-2H3/q-1. The van der Waals surface area contributed by atoms with Gasteiger partial charge in [-0.1, -0.05) is 26.0 Å². The molecule has 0 atom stereocenters. The summed E-state index contributed by atoms with van der Waals surface area (Å²) in [5, 5.41) is 0. The molecular weight excluding hydrogens is 228 g/mol. The number of halogens is 3. The zero-order valence-corrected chi connectivity index (χ0v) is 10.1. The molecule has 0 amide bonds. The summed E-state index contributed by atoms with van der Waals surface area (Å²) in [5.41, 5.74) is -0.584. The summed E-state index contributed by atoms with van der Waals surface area (Å²) < 4.78 is 42.4. The van der Waals surface area contributed by atoms with Gasteiger partial charge in [-0.15, -0.1) is 5.46 Å². The lowest BCUT2D eigenvalue weighted by Gasteiger charge is -2.15. The third kappa shape index (κ3) is 5.15. The summed E-state index contributed by atoms with van der Waals surface area (Å²) in [4.78, 5) is 0. The molecule has 0 aliphatic rings. The molecule has 0 fully saturated rings. The zero-order chi connectivity index (χ0) is 12.9. The van der Waals surface area contributed by atoms with Crippen LogP contribution in [0.5, 0.6) is 5.75 Å². The summed E-state index contributed by atoms with van der Waals surface area (Å²) in [6.07, 6.45) is 1.98. The maximum absolute atomic E-state index is 12.3. The molecule has 1 aromatic carbocycles. The van der Waals surface area contributed by atoms with E-state index in [9.17, 15) is 12.9 Å². The van der Waals surface area contributed by atoms with Crippen LogP contribution >= 0.6 is 0 Å². The predicted molar refractivity (Wildman–Crippen MR) is 64.7 cm³/mol. The molecule has 0 bridgehead atoms. The Morgan fingerprint density at radius 1 is 1.12 bits per heavy atom. The number of hydrogen-bond donors (Lipinski definition) is 0. The number of hydrogen-bond acceptors (Lipinski definition) is 1. The monoisotopic (exact) mass is 245 g/mol. The fraction of sp³-hybridized carbons (Fsp3) is 0.500. The largest absolute Gasteiger partial charge is 0.509 e. The van der Waals surface area contributed by atoms with Crippen LogP contribution in [-0.4, -0.2) is 13.6 Å². The Balaban J connectivity index is 2.41. The van der Waals surface area contributed by atoms with Gasteiger partial charge in [0.05, 0.1) is 6.61 Å².